The topological polar surface area (TPSA) is 88.3 Å². The second kappa shape index (κ2) is 4.81. The molecule has 0 aliphatic heterocycles. The Labute approximate surface area is 113 Å². The van der Waals surface area contributed by atoms with Gasteiger partial charge in [0, 0.05) is 12.1 Å². The molecule has 0 radical (unpaired) electrons. The molecule has 0 bridgehead atoms. The normalized spacial score (nSPS) is 17.1. The zero-order valence-corrected chi connectivity index (χ0v) is 11.5. The van der Waals surface area contributed by atoms with E-state index in [1.807, 2.05) is 0 Å². The summed E-state index contributed by atoms with van der Waals surface area (Å²) in [4.78, 5) is 14.3. The molecule has 1 heterocycles. The fourth-order valence-corrected chi connectivity index (χ4v) is 2.33. The molecule has 2 N–H and O–H groups in total. The average molecular weight is 316 g/mol. The van der Waals surface area contributed by atoms with Crippen molar-refractivity contribution in [2.75, 3.05) is 11.9 Å². The van der Waals surface area contributed by atoms with E-state index in [9.17, 15) is 15.2 Å². The summed E-state index contributed by atoms with van der Waals surface area (Å²) in [5.74, 6) is 0.526. The monoisotopic (exact) mass is 315 g/mol. The van der Waals surface area contributed by atoms with Crippen LogP contribution in [0.3, 0.4) is 0 Å². The summed E-state index contributed by atoms with van der Waals surface area (Å²) in [5, 5.41) is 23.7. The van der Waals surface area contributed by atoms with Crippen LogP contribution in [0.1, 0.15) is 24.8 Å². The third kappa shape index (κ3) is 2.46. The Bertz CT molecular complexity index is 489. The van der Waals surface area contributed by atoms with E-state index in [0.29, 0.717) is 22.4 Å². The van der Waals surface area contributed by atoms with Crippen LogP contribution in [0.15, 0.2) is 10.7 Å². The number of rotatable bonds is 4. The molecular formula is C11H14BrN3O3. The molecular weight excluding hydrogens is 302 g/mol. The maximum Gasteiger partial charge on any atom is 0.291 e. The van der Waals surface area contributed by atoms with Gasteiger partial charge in [-0.25, -0.2) is 4.98 Å². The average Bonchev–Trinajstić information content (AvgIpc) is 2.28. The van der Waals surface area contributed by atoms with Crippen molar-refractivity contribution in [3.63, 3.8) is 0 Å². The Morgan fingerprint density at radius 1 is 1.67 bits per heavy atom. The van der Waals surface area contributed by atoms with Gasteiger partial charge in [0.2, 0.25) is 0 Å². The summed E-state index contributed by atoms with van der Waals surface area (Å²) in [6.45, 7) is 2.07. The van der Waals surface area contributed by atoms with Gasteiger partial charge >= 0.3 is 0 Å². The number of nitro groups is 1. The summed E-state index contributed by atoms with van der Waals surface area (Å²) in [7, 11) is 0. The first-order valence-corrected chi connectivity index (χ1v) is 6.48. The van der Waals surface area contributed by atoms with E-state index in [0.717, 1.165) is 19.3 Å². The van der Waals surface area contributed by atoms with Crippen molar-refractivity contribution in [2.45, 2.75) is 31.8 Å². The Morgan fingerprint density at radius 3 is 2.83 bits per heavy atom. The van der Waals surface area contributed by atoms with Gasteiger partial charge in [0.05, 0.1) is 15.0 Å². The van der Waals surface area contributed by atoms with E-state index < -0.39 is 10.5 Å². The number of pyridine rings is 1. The van der Waals surface area contributed by atoms with Crippen LogP contribution in [-0.2, 0) is 0 Å². The van der Waals surface area contributed by atoms with E-state index in [1.54, 1.807) is 6.92 Å². The van der Waals surface area contributed by atoms with Crippen molar-refractivity contribution in [1.82, 2.24) is 4.98 Å². The second-order valence-electron chi connectivity index (χ2n) is 4.62. The Hall–Kier alpha value is -1.21. The number of aliphatic hydroxyl groups is 1. The molecule has 6 nitrogen and oxygen atoms in total. The highest BCUT2D eigenvalue weighted by atomic mass is 79.9. The summed E-state index contributed by atoms with van der Waals surface area (Å²) < 4.78 is 0.569. The van der Waals surface area contributed by atoms with E-state index in [2.05, 4.69) is 26.2 Å². The minimum Gasteiger partial charge on any atom is -0.388 e. The lowest BCUT2D eigenvalue weighted by atomic mass is 9.80. The molecule has 7 heteroatoms. The van der Waals surface area contributed by atoms with Crippen LogP contribution >= 0.6 is 15.9 Å². The fraction of sp³-hybridized carbons (Fsp3) is 0.545. The summed E-state index contributed by atoms with van der Waals surface area (Å²) in [6.07, 6.45) is 3.83. The van der Waals surface area contributed by atoms with Crippen molar-refractivity contribution in [3.05, 3.63) is 26.3 Å². The Kier molecular flexibility index (Phi) is 3.54. The van der Waals surface area contributed by atoms with Crippen molar-refractivity contribution in [3.8, 4) is 0 Å². The SMILES string of the molecule is Cc1c([N+](=O)[O-])cnc(NCC2(O)CCC2)c1Br. The third-order valence-corrected chi connectivity index (χ3v) is 4.27. The van der Waals surface area contributed by atoms with Crippen LogP contribution < -0.4 is 5.32 Å². The van der Waals surface area contributed by atoms with Gasteiger partial charge in [-0.15, -0.1) is 0 Å². The minimum absolute atomic E-state index is 0.0187. The van der Waals surface area contributed by atoms with Crippen molar-refractivity contribution >= 4 is 27.4 Å². The van der Waals surface area contributed by atoms with Crippen molar-refractivity contribution in [1.29, 1.82) is 0 Å². The number of nitrogens with zero attached hydrogens (tertiary/aromatic N) is 2. The Morgan fingerprint density at radius 2 is 2.33 bits per heavy atom. The predicted octanol–water partition coefficient (Wildman–Crippen LogP) is 2.39. The molecule has 0 atom stereocenters. The number of anilines is 1. The molecule has 0 saturated heterocycles. The van der Waals surface area contributed by atoms with Gasteiger partial charge in [0.1, 0.15) is 12.0 Å². The van der Waals surface area contributed by atoms with Gasteiger partial charge in [-0.1, -0.05) is 0 Å². The third-order valence-electron chi connectivity index (χ3n) is 3.30. The maximum atomic E-state index is 10.7. The highest BCUT2D eigenvalue weighted by Gasteiger charge is 2.34. The van der Waals surface area contributed by atoms with Crippen molar-refractivity contribution in [2.24, 2.45) is 0 Å². The van der Waals surface area contributed by atoms with E-state index in [-0.39, 0.29) is 5.69 Å². The van der Waals surface area contributed by atoms with Gasteiger partial charge in [-0.05, 0) is 42.1 Å². The van der Waals surface area contributed by atoms with Gasteiger partial charge < -0.3 is 10.4 Å². The quantitative estimate of drug-likeness (QED) is 0.658. The fourth-order valence-electron chi connectivity index (χ4n) is 1.89. The molecule has 1 fully saturated rings. The predicted molar refractivity (Wildman–Crippen MR) is 70.6 cm³/mol. The first kappa shape index (κ1) is 13.2. The standard InChI is InChI=1S/C11H14BrN3O3/c1-7-8(15(17)18)5-13-10(9(7)12)14-6-11(16)3-2-4-11/h5,16H,2-4,6H2,1H3,(H,13,14). The molecule has 1 aromatic rings. The van der Waals surface area contributed by atoms with E-state index in [1.165, 1.54) is 6.20 Å². The number of halogens is 1. The number of hydrogen-bond acceptors (Lipinski definition) is 5. The molecule has 0 spiro atoms. The lowest BCUT2D eigenvalue weighted by Crippen LogP contribution is -2.43. The largest absolute Gasteiger partial charge is 0.388 e. The van der Waals surface area contributed by atoms with Gasteiger partial charge in [0.25, 0.3) is 5.69 Å². The van der Waals surface area contributed by atoms with Gasteiger partial charge in [-0.3, -0.25) is 10.1 Å². The molecule has 2 rings (SSSR count). The molecule has 1 aliphatic carbocycles. The highest BCUT2D eigenvalue weighted by molar-refractivity contribution is 9.10. The maximum absolute atomic E-state index is 10.7. The number of nitrogens with one attached hydrogen (secondary N) is 1. The molecule has 0 unspecified atom stereocenters. The first-order chi connectivity index (χ1) is 8.43. The molecule has 0 aromatic carbocycles. The van der Waals surface area contributed by atoms with Crippen LogP contribution in [0.4, 0.5) is 11.5 Å². The zero-order chi connectivity index (χ0) is 13.3. The molecule has 18 heavy (non-hydrogen) atoms. The lowest BCUT2D eigenvalue weighted by molar-refractivity contribution is -0.385. The summed E-state index contributed by atoms with van der Waals surface area (Å²) in [6, 6.07) is 0. The molecule has 1 aromatic heterocycles. The van der Waals surface area contributed by atoms with Gasteiger partial charge in [-0.2, -0.15) is 0 Å². The number of hydrogen-bond donors (Lipinski definition) is 2. The molecule has 1 saturated carbocycles. The van der Waals surface area contributed by atoms with Crippen LogP contribution in [0.2, 0.25) is 0 Å². The summed E-state index contributed by atoms with van der Waals surface area (Å²) in [5.41, 5.74) is -0.149. The highest BCUT2D eigenvalue weighted by Crippen LogP contribution is 2.34. The van der Waals surface area contributed by atoms with Gasteiger partial charge in [0.15, 0.2) is 0 Å². The van der Waals surface area contributed by atoms with Crippen LogP contribution in [-0.4, -0.2) is 27.2 Å². The Balaban J connectivity index is 2.14. The van der Waals surface area contributed by atoms with Crippen LogP contribution in [0.5, 0.6) is 0 Å². The van der Waals surface area contributed by atoms with E-state index >= 15 is 0 Å². The second-order valence-corrected chi connectivity index (χ2v) is 5.41. The molecule has 1 aliphatic rings. The zero-order valence-electron chi connectivity index (χ0n) is 9.94. The van der Waals surface area contributed by atoms with E-state index in [4.69, 9.17) is 0 Å². The minimum atomic E-state index is -0.656. The first-order valence-electron chi connectivity index (χ1n) is 5.69. The summed E-state index contributed by atoms with van der Waals surface area (Å²) >= 11 is 3.30. The molecule has 98 valence electrons. The lowest BCUT2D eigenvalue weighted by Gasteiger charge is -2.36. The van der Waals surface area contributed by atoms with Crippen LogP contribution in [0.25, 0.3) is 0 Å². The van der Waals surface area contributed by atoms with Crippen LogP contribution in [0, 0.1) is 17.0 Å². The molecule has 0 amide bonds. The number of aromatic nitrogens is 1. The van der Waals surface area contributed by atoms with Crippen molar-refractivity contribution < 1.29 is 10.0 Å². The smallest absolute Gasteiger partial charge is 0.291 e.